The highest BCUT2D eigenvalue weighted by Crippen LogP contribution is 2.29. The minimum absolute atomic E-state index is 0.157. The third-order valence-electron chi connectivity index (χ3n) is 2.89. The van der Waals surface area contributed by atoms with Gasteiger partial charge in [-0.2, -0.15) is 0 Å². The second-order valence-corrected chi connectivity index (χ2v) is 4.24. The molecule has 0 aliphatic rings. The van der Waals surface area contributed by atoms with Gasteiger partial charge in [0.15, 0.2) is 11.5 Å². The molecule has 19 heavy (non-hydrogen) atoms. The van der Waals surface area contributed by atoms with Crippen LogP contribution < -0.4 is 14.8 Å². The summed E-state index contributed by atoms with van der Waals surface area (Å²) in [6.45, 7) is 7.17. The summed E-state index contributed by atoms with van der Waals surface area (Å²) in [5.41, 5.74) is 1.13. The molecule has 0 aromatic heterocycles. The highest BCUT2D eigenvalue weighted by molar-refractivity contribution is 5.47. The van der Waals surface area contributed by atoms with Crippen LogP contribution in [-0.4, -0.2) is 25.7 Å². The van der Waals surface area contributed by atoms with Crippen LogP contribution in [0.1, 0.15) is 32.8 Å². The van der Waals surface area contributed by atoms with Crippen LogP contribution in [-0.2, 0) is 11.2 Å². The van der Waals surface area contributed by atoms with Crippen molar-refractivity contribution in [2.75, 3.05) is 13.2 Å². The molecule has 0 aliphatic carbocycles. The number of hydrogen-bond donors (Lipinski definition) is 1. The number of ether oxygens (including phenoxy) is 2. The van der Waals surface area contributed by atoms with Gasteiger partial charge in [-0.1, -0.05) is 13.0 Å². The lowest BCUT2D eigenvalue weighted by Crippen LogP contribution is -2.29. The maximum absolute atomic E-state index is 10.5. The summed E-state index contributed by atoms with van der Waals surface area (Å²) in [7, 11) is 0. The van der Waals surface area contributed by atoms with Gasteiger partial charge in [-0.25, -0.2) is 0 Å². The van der Waals surface area contributed by atoms with Crippen LogP contribution in [0.25, 0.3) is 0 Å². The van der Waals surface area contributed by atoms with E-state index in [9.17, 15) is 4.79 Å². The van der Waals surface area contributed by atoms with Crippen LogP contribution >= 0.6 is 0 Å². The third-order valence-corrected chi connectivity index (χ3v) is 2.89. The summed E-state index contributed by atoms with van der Waals surface area (Å²) in [5, 5.41) is 2.82. The number of nitrogens with one attached hydrogen (secondary N) is 1. The monoisotopic (exact) mass is 265 g/mol. The quantitative estimate of drug-likeness (QED) is 0.698. The zero-order chi connectivity index (χ0) is 14.1. The molecule has 1 aromatic rings. The van der Waals surface area contributed by atoms with Gasteiger partial charge in [0.2, 0.25) is 6.41 Å². The van der Waals surface area contributed by atoms with Gasteiger partial charge in [-0.15, -0.1) is 0 Å². The van der Waals surface area contributed by atoms with Crippen LogP contribution in [0.3, 0.4) is 0 Å². The largest absolute Gasteiger partial charge is 0.490 e. The summed E-state index contributed by atoms with van der Waals surface area (Å²) in [6.07, 6.45) is 2.45. The first kappa shape index (κ1) is 15.3. The van der Waals surface area contributed by atoms with E-state index >= 15 is 0 Å². The number of amides is 1. The molecule has 106 valence electrons. The molecule has 0 bridgehead atoms. The van der Waals surface area contributed by atoms with Crippen molar-refractivity contribution in [2.24, 2.45) is 0 Å². The Morgan fingerprint density at radius 3 is 2.42 bits per heavy atom. The molecule has 0 unspecified atom stereocenters. The van der Waals surface area contributed by atoms with Gasteiger partial charge in [-0.05, 0) is 44.4 Å². The summed E-state index contributed by atoms with van der Waals surface area (Å²) in [6, 6.07) is 6.09. The van der Waals surface area contributed by atoms with Crippen LogP contribution in [0.2, 0.25) is 0 Å². The number of rotatable bonds is 9. The molecular formula is C15H23NO3. The maximum atomic E-state index is 10.5. The lowest BCUT2D eigenvalue weighted by molar-refractivity contribution is -0.110. The molecule has 1 amide bonds. The van der Waals surface area contributed by atoms with Crippen LogP contribution in [0.15, 0.2) is 18.2 Å². The fourth-order valence-electron chi connectivity index (χ4n) is 1.92. The molecule has 0 saturated heterocycles. The summed E-state index contributed by atoms with van der Waals surface area (Å²) in [4.78, 5) is 10.5. The van der Waals surface area contributed by atoms with Crippen molar-refractivity contribution in [3.63, 3.8) is 0 Å². The van der Waals surface area contributed by atoms with Crippen LogP contribution in [0.4, 0.5) is 0 Å². The smallest absolute Gasteiger partial charge is 0.207 e. The lowest BCUT2D eigenvalue weighted by atomic mass is 10.0. The van der Waals surface area contributed by atoms with E-state index in [-0.39, 0.29) is 6.04 Å². The van der Waals surface area contributed by atoms with Crippen molar-refractivity contribution in [1.82, 2.24) is 5.32 Å². The highest BCUT2D eigenvalue weighted by atomic mass is 16.5. The van der Waals surface area contributed by atoms with Gasteiger partial charge in [-0.3, -0.25) is 4.79 Å². The molecule has 1 atom stereocenters. The second-order valence-electron chi connectivity index (χ2n) is 4.24. The molecule has 0 aliphatic heterocycles. The average Bonchev–Trinajstić information content (AvgIpc) is 2.41. The highest BCUT2D eigenvalue weighted by Gasteiger charge is 2.10. The fourth-order valence-corrected chi connectivity index (χ4v) is 1.92. The number of carbonyl (C=O) groups excluding carboxylic acids is 1. The van der Waals surface area contributed by atoms with E-state index < -0.39 is 0 Å². The first-order chi connectivity index (χ1) is 9.24. The van der Waals surface area contributed by atoms with Crippen molar-refractivity contribution in [2.45, 2.75) is 39.7 Å². The lowest BCUT2D eigenvalue weighted by Gasteiger charge is -2.16. The third kappa shape index (κ3) is 4.81. The molecule has 1 rings (SSSR count). The predicted octanol–water partition coefficient (Wildman–Crippen LogP) is 2.55. The standard InChI is InChI=1S/C15H23NO3/c1-4-13(16-11-17)9-12-7-8-14(18-5-2)15(10-12)19-6-3/h7-8,10-11,13H,4-6,9H2,1-3H3,(H,16,17)/t13-/m0/s1. The molecule has 0 fully saturated rings. The van der Waals surface area contributed by atoms with Crippen molar-refractivity contribution < 1.29 is 14.3 Å². The Morgan fingerprint density at radius 1 is 1.16 bits per heavy atom. The Morgan fingerprint density at radius 2 is 1.84 bits per heavy atom. The van der Waals surface area contributed by atoms with E-state index in [0.717, 1.165) is 36.3 Å². The van der Waals surface area contributed by atoms with Gasteiger partial charge < -0.3 is 14.8 Å². The van der Waals surface area contributed by atoms with Crippen molar-refractivity contribution in [1.29, 1.82) is 0 Å². The van der Waals surface area contributed by atoms with Crippen molar-refractivity contribution in [3.05, 3.63) is 23.8 Å². The molecule has 0 radical (unpaired) electrons. The van der Waals surface area contributed by atoms with Gasteiger partial charge >= 0.3 is 0 Å². The van der Waals surface area contributed by atoms with E-state index in [1.165, 1.54) is 0 Å². The molecule has 0 spiro atoms. The van der Waals surface area contributed by atoms with E-state index in [0.29, 0.717) is 13.2 Å². The Hall–Kier alpha value is -1.71. The van der Waals surface area contributed by atoms with Gasteiger partial charge in [0.25, 0.3) is 0 Å². The number of benzene rings is 1. The molecule has 0 saturated carbocycles. The topological polar surface area (TPSA) is 47.6 Å². The van der Waals surface area contributed by atoms with E-state index in [1.807, 2.05) is 32.0 Å². The number of hydrogen-bond acceptors (Lipinski definition) is 3. The normalized spacial score (nSPS) is 11.7. The molecule has 4 heteroatoms. The van der Waals surface area contributed by atoms with Gasteiger partial charge in [0.05, 0.1) is 13.2 Å². The fraction of sp³-hybridized carbons (Fsp3) is 0.533. The van der Waals surface area contributed by atoms with Crippen LogP contribution in [0, 0.1) is 0 Å². The van der Waals surface area contributed by atoms with E-state index in [4.69, 9.17) is 9.47 Å². The minimum atomic E-state index is 0.157. The predicted molar refractivity (Wildman–Crippen MR) is 75.8 cm³/mol. The van der Waals surface area contributed by atoms with Crippen molar-refractivity contribution in [3.8, 4) is 11.5 Å². The summed E-state index contributed by atoms with van der Waals surface area (Å²) >= 11 is 0. The Bertz CT molecular complexity index is 393. The molecule has 4 nitrogen and oxygen atoms in total. The Kier molecular flexibility index (Phi) is 6.79. The maximum Gasteiger partial charge on any atom is 0.207 e. The molecule has 1 aromatic carbocycles. The molecular weight excluding hydrogens is 242 g/mol. The zero-order valence-electron chi connectivity index (χ0n) is 11.9. The van der Waals surface area contributed by atoms with Crippen molar-refractivity contribution >= 4 is 6.41 Å². The Balaban J connectivity index is 2.84. The van der Waals surface area contributed by atoms with E-state index in [1.54, 1.807) is 0 Å². The molecule has 1 N–H and O–H groups in total. The molecule has 0 heterocycles. The first-order valence-corrected chi connectivity index (χ1v) is 6.83. The van der Waals surface area contributed by atoms with Gasteiger partial charge in [0, 0.05) is 6.04 Å². The summed E-state index contributed by atoms with van der Waals surface area (Å²) < 4.78 is 11.1. The van der Waals surface area contributed by atoms with Crippen LogP contribution in [0.5, 0.6) is 11.5 Å². The van der Waals surface area contributed by atoms with E-state index in [2.05, 4.69) is 12.2 Å². The SMILES string of the molecule is CCOc1ccc(C[C@H](CC)NC=O)cc1OCC. The zero-order valence-corrected chi connectivity index (χ0v) is 11.9. The number of carbonyl (C=O) groups is 1. The van der Waals surface area contributed by atoms with Gasteiger partial charge in [0.1, 0.15) is 0 Å². The average molecular weight is 265 g/mol. The Labute approximate surface area is 115 Å². The minimum Gasteiger partial charge on any atom is -0.490 e. The summed E-state index contributed by atoms with van der Waals surface area (Å²) in [5.74, 6) is 1.53. The second kappa shape index (κ2) is 8.40. The first-order valence-electron chi connectivity index (χ1n) is 6.83.